The molecule has 0 bridgehead atoms. The molecule has 0 spiro atoms. The number of nitrogens with one attached hydrogen (secondary N) is 1. The van der Waals surface area contributed by atoms with Gasteiger partial charge in [0, 0.05) is 22.0 Å². The second kappa shape index (κ2) is 5.41. The van der Waals surface area contributed by atoms with E-state index in [0.29, 0.717) is 6.04 Å². The van der Waals surface area contributed by atoms with Crippen molar-refractivity contribution >= 4 is 28.8 Å². The lowest BCUT2D eigenvalue weighted by Gasteiger charge is -2.14. The van der Waals surface area contributed by atoms with E-state index < -0.39 is 0 Å². The van der Waals surface area contributed by atoms with Crippen molar-refractivity contribution in [2.75, 3.05) is 11.6 Å². The summed E-state index contributed by atoms with van der Waals surface area (Å²) < 4.78 is 0. The van der Waals surface area contributed by atoms with E-state index in [0.717, 1.165) is 0 Å². The first-order valence-electron chi connectivity index (χ1n) is 5.22. The average molecular weight is 249 g/mol. The largest absolute Gasteiger partial charge is 0.378 e. The molecule has 1 atom stereocenters. The van der Waals surface area contributed by atoms with Gasteiger partial charge in [0.15, 0.2) is 0 Å². The fraction of sp³-hybridized carbons (Fsp3) is 0.231. The molecule has 0 aliphatic heterocycles. The SMILES string of the molecule is CSc1ccc(C(C)Nc2ccsc2)cc1. The van der Waals surface area contributed by atoms with E-state index in [1.807, 2.05) is 0 Å². The summed E-state index contributed by atoms with van der Waals surface area (Å²) in [6, 6.07) is 11.2. The van der Waals surface area contributed by atoms with Crippen LogP contribution in [0.4, 0.5) is 5.69 Å². The van der Waals surface area contributed by atoms with Crippen LogP contribution in [-0.4, -0.2) is 6.26 Å². The van der Waals surface area contributed by atoms with Gasteiger partial charge in [0.1, 0.15) is 0 Å². The molecule has 3 heteroatoms. The second-order valence-corrected chi connectivity index (χ2v) is 5.31. The van der Waals surface area contributed by atoms with E-state index in [-0.39, 0.29) is 0 Å². The van der Waals surface area contributed by atoms with Crippen molar-refractivity contribution in [3.05, 3.63) is 46.7 Å². The standard InChI is InChI=1S/C13H15NS2/c1-10(14-12-7-8-16-9-12)11-3-5-13(15-2)6-4-11/h3-10,14H,1-2H3. The van der Waals surface area contributed by atoms with Crippen molar-refractivity contribution in [3.8, 4) is 0 Å². The summed E-state index contributed by atoms with van der Waals surface area (Å²) in [7, 11) is 0. The Kier molecular flexibility index (Phi) is 3.91. The van der Waals surface area contributed by atoms with Crippen LogP contribution >= 0.6 is 23.1 Å². The van der Waals surface area contributed by atoms with Gasteiger partial charge in [-0.1, -0.05) is 12.1 Å². The van der Waals surface area contributed by atoms with Crippen LogP contribution in [0.2, 0.25) is 0 Å². The van der Waals surface area contributed by atoms with Crippen LogP contribution < -0.4 is 5.32 Å². The van der Waals surface area contributed by atoms with Crippen LogP contribution in [0.1, 0.15) is 18.5 Å². The van der Waals surface area contributed by atoms with Gasteiger partial charge in [0.25, 0.3) is 0 Å². The zero-order chi connectivity index (χ0) is 11.4. The van der Waals surface area contributed by atoms with Crippen molar-refractivity contribution in [2.45, 2.75) is 17.9 Å². The van der Waals surface area contributed by atoms with Crippen molar-refractivity contribution in [3.63, 3.8) is 0 Å². The quantitative estimate of drug-likeness (QED) is 0.792. The molecule has 1 aromatic carbocycles. The van der Waals surface area contributed by atoms with Gasteiger partial charge in [-0.15, -0.1) is 11.8 Å². The molecular weight excluding hydrogens is 234 g/mol. The molecule has 1 N–H and O–H groups in total. The van der Waals surface area contributed by atoms with Crippen LogP contribution in [0.15, 0.2) is 46.0 Å². The van der Waals surface area contributed by atoms with E-state index in [9.17, 15) is 0 Å². The number of anilines is 1. The van der Waals surface area contributed by atoms with Gasteiger partial charge in [0.05, 0.1) is 0 Å². The lowest BCUT2D eigenvalue weighted by atomic mass is 10.1. The van der Waals surface area contributed by atoms with Crippen molar-refractivity contribution in [1.82, 2.24) is 0 Å². The number of thioether (sulfide) groups is 1. The van der Waals surface area contributed by atoms with E-state index in [2.05, 4.69) is 59.6 Å². The molecule has 0 fully saturated rings. The average Bonchev–Trinajstić information content (AvgIpc) is 2.82. The lowest BCUT2D eigenvalue weighted by Crippen LogP contribution is -2.05. The minimum absolute atomic E-state index is 0.352. The summed E-state index contributed by atoms with van der Waals surface area (Å²) in [5.74, 6) is 0. The van der Waals surface area contributed by atoms with Crippen molar-refractivity contribution in [1.29, 1.82) is 0 Å². The Bertz CT molecular complexity index is 420. The summed E-state index contributed by atoms with van der Waals surface area (Å²) >= 11 is 3.49. The molecule has 2 aromatic rings. The predicted molar refractivity (Wildman–Crippen MR) is 74.6 cm³/mol. The first-order chi connectivity index (χ1) is 7.79. The Balaban J connectivity index is 2.05. The smallest absolute Gasteiger partial charge is 0.0485 e. The Labute approximate surface area is 105 Å². The lowest BCUT2D eigenvalue weighted by molar-refractivity contribution is 0.884. The summed E-state index contributed by atoms with van der Waals surface area (Å²) in [5, 5.41) is 7.70. The van der Waals surface area contributed by atoms with Gasteiger partial charge in [-0.3, -0.25) is 0 Å². The fourth-order valence-corrected chi connectivity index (χ4v) is 2.58. The fourth-order valence-electron chi connectivity index (χ4n) is 1.57. The maximum absolute atomic E-state index is 3.48. The summed E-state index contributed by atoms with van der Waals surface area (Å²) in [6.07, 6.45) is 2.10. The van der Waals surface area contributed by atoms with Crippen LogP contribution in [0.5, 0.6) is 0 Å². The molecule has 1 unspecified atom stereocenters. The Hall–Kier alpha value is -0.930. The van der Waals surface area contributed by atoms with Crippen molar-refractivity contribution < 1.29 is 0 Å². The molecule has 2 rings (SSSR count). The summed E-state index contributed by atoms with van der Waals surface area (Å²) in [6.45, 7) is 2.19. The van der Waals surface area contributed by atoms with Crippen molar-refractivity contribution in [2.24, 2.45) is 0 Å². The van der Waals surface area contributed by atoms with Gasteiger partial charge in [-0.2, -0.15) is 11.3 Å². The topological polar surface area (TPSA) is 12.0 Å². The van der Waals surface area contributed by atoms with Crippen LogP contribution in [-0.2, 0) is 0 Å². The molecule has 0 radical (unpaired) electrons. The van der Waals surface area contributed by atoms with Gasteiger partial charge in [0.2, 0.25) is 0 Å². The second-order valence-electron chi connectivity index (χ2n) is 3.65. The van der Waals surface area contributed by atoms with Crippen LogP contribution in [0, 0.1) is 0 Å². The minimum Gasteiger partial charge on any atom is -0.378 e. The molecule has 0 aliphatic rings. The summed E-state index contributed by atoms with van der Waals surface area (Å²) in [5.41, 5.74) is 2.52. The normalized spacial score (nSPS) is 12.4. The molecule has 1 heterocycles. The number of hydrogen-bond donors (Lipinski definition) is 1. The molecule has 16 heavy (non-hydrogen) atoms. The van der Waals surface area contributed by atoms with Gasteiger partial charge in [-0.25, -0.2) is 0 Å². The van der Waals surface area contributed by atoms with Gasteiger partial charge < -0.3 is 5.32 Å². The number of thiophene rings is 1. The molecule has 0 saturated carbocycles. The molecule has 1 nitrogen and oxygen atoms in total. The Morgan fingerprint density at radius 2 is 1.94 bits per heavy atom. The number of rotatable bonds is 4. The number of benzene rings is 1. The molecule has 0 saturated heterocycles. The minimum atomic E-state index is 0.352. The Morgan fingerprint density at radius 3 is 2.50 bits per heavy atom. The molecular formula is C13H15NS2. The van der Waals surface area contributed by atoms with E-state index >= 15 is 0 Å². The number of hydrogen-bond acceptors (Lipinski definition) is 3. The first-order valence-corrected chi connectivity index (χ1v) is 7.39. The highest BCUT2D eigenvalue weighted by molar-refractivity contribution is 7.98. The maximum atomic E-state index is 3.48. The van der Waals surface area contributed by atoms with E-state index in [4.69, 9.17) is 0 Å². The molecule has 84 valence electrons. The van der Waals surface area contributed by atoms with Gasteiger partial charge >= 0.3 is 0 Å². The zero-order valence-electron chi connectivity index (χ0n) is 9.44. The maximum Gasteiger partial charge on any atom is 0.0485 e. The Morgan fingerprint density at radius 1 is 1.19 bits per heavy atom. The monoisotopic (exact) mass is 249 g/mol. The zero-order valence-corrected chi connectivity index (χ0v) is 11.1. The third-order valence-electron chi connectivity index (χ3n) is 2.52. The highest BCUT2D eigenvalue weighted by Gasteiger charge is 2.04. The third-order valence-corrected chi connectivity index (χ3v) is 3.95. The third kappa shape index (κ3) is 2.80. The van der Waals surface area contributed by atoms with Crippen LogP contribution in [0.25, 0.3) is 0 Å². The predicted octanol–water partition coefficient (Wildman–Crippen LogP) is 4.64. The van der Waals surface area contributed by atoms with E-state index in [1.165, 1.54) is 16.1 Å². The molecule has 1 aromatic heterocycles. The van der Waals surface area contributed by atoms with E-state index in [1.54, 1.807) is 23.1 Å². The molecule has 0 aliphatic carbocycles. The highest BCUT2D eigenvalue weighted by atomic mass is 32.2. The summed E-state index contributed by atoms with van der Waals surface area (Å²) in [4.78, 5) is 1.31. The molecule has 0 amide bonds. The van der Waals surface area contributed by atoms with Gasteiger partial charge in [-0.05, 0) is 42.3 Å². The van der Waals surface area contributed by atoms with Crippen LogP contribution in [0.3, 0.4) is 0 Å². The highest BCUT2D eigenvalue weighted by Crippen LogP contribution is 2.23. The first kappa shape index (κ1) is 11.6.